The molecule has 12 heteroatoms. The van der Waals surface area contributed by atoms with Crippen LogP contribution in [0.3, 0.4) is 0 Å². The molecule has 3 saturated heterocycles. The molecular weight excluding hydrogens is 534 g/mol. The Labute approximate surface area is 235 Å². The highest BCUT2D eigenvalue weighted by Gasteiger charge is 2.41. The van der Waals surface area contributed by atoms with Crippen LogP contribution in [0.1, 0.15) is 37.7 Å². The normalized spacial score (nSPS) is 23.9. The van der Waals surface area contributed by atoms with Crippen LogP contribution in [-0.2, 0) is 14.3 Å². The van der Waals surface area contributed by atoms with E-state index in [2.05, 4.69) is 21.6 Å². The summed E-state index contributed by atoms with van der Waals surface area (Å²) < 4.78 is 7.74. The minimum atomic E-state index is 0.102. The molecular formula is C27H35N7O3S2. The first-order valence-corrected chi connectivity index (χ1v) is 15.8. The third kappa shape index (κ3) is 4.96. The number of hydrogen-bond donors (Lipinski definition) is 2. The van der Waals surface area contributed by atoms with Gasteiger partial charge in [-0.05, 0) is 32.3 Å². The summed E-state index contributed by atoms with van der Waals surface area (Å²) in [4.78, 5) is 41.6. The van der Waals surface area contributed by atoms with Crippen LogP contribution in [0.5, 0.6) is 0 Å². The fourth-order valence-electron chi connectivity index (χ4n) is 6.61. The number of piperazine rings is 1. The summed E-state index contributed by atoms with van der Waals surface area (Å²) in [6.07, 6.45) is 6.48. The molecule has 39 heavy (non-hydrogen) atoms. The second kappa shape index (κ2) is 10.5. The molecule has 4 aliphatic rings. The number of nitrogens with zero attached hydrogens (tertiary/aromatic N) is 5. The highest BCUT2D eigenvalue weighted by Crippen LogP contribution is 2.37. The van der Waals surface area contributed by atoms with E-state index >= 15 is 0 Å². The Hall–Kier alpha value is -2.54. The fraction of sp³-hybridized carbons (Fsp3) is 0.630. The van der Waals surface area contributed by atoms with Gasteiger partial charge in [-0.1, -0.05) is 35.5 Å². The van der Waals surface area contributed by atoms with Crippen molar-refractivity contribution in [1.82, 2.24) is 24.7 Å². The van der Waals surface area contributed by atoms with Crippen molar-refractivity contribution in [3.05, 3.63) is 11.6 Å². The van der Waals surface area contributed by atoms with E-state index < -0.39 is 0 Å². The molecule has 1 saturated carbocycles. The third-order valence-electron chi connectivity index (χ3n) is 8.79. The van der Waals surface area contributed by atoms with Gasteiger partial charge in [0.15, 0.2) is 10.3 Å². The molecule has 2 bridgehead atoms. The number of fused-ring (bicyclic) bond motifs is 4. The Morgan fingerprint density at radius 3 is 2.18 bits per heavy atom. The molecule has 5 heterocycles. The van der Waals surface area contributed by atoms with Gasteiger partial charge in [0, 0.05) is 44.3 Å². The van der Waals surface area contributed by atoms with E-state index in [4.69, 9.17) is 14.7 Å². The van der Waals surface area contributed by atoms with E-state index in [0.717, 1.165) is 74.9 Å². The number of carbonyl (C=O) groups is 2. The Morgan fingerprint density at radius 1 is 0.949 bits per heavy atom. The smallest absolute Gasteiger partial charge is 0.242 e. The Bertz CT molecular complexity index is 1390. The number of likely N-dealkylation sites (tertiary alicyclic amines) is 1. The summed E-state index contributed by atoms with van der Waals surface area (Å²) in [6, 6.07) is 3.07. The van der Waals surface area contributed by atoms with Gasteiger partial charge in [0.25, 0.3) is 0 Å². The zero-order chi connectivity index (χ0) is 26.5. The predicted octanol–water partition coefficient (Wildman–Crippen LogP) is 3.12. The van der Waals surface area contributed by atoms with Crippen molar-refractivity contribution >= 4 is 65.2 Å². The number of anilines is 2. The average molecular weight is 570 g/mol. The van der Waals surface area contributed by atoms with Gasteiger partial charge in [-0.25, -0.2) is 9.97 Å². The molecule has 0 spiro atoms. The zero-order valence-electron chi connectivity index (χ0n) is 22.3. The molecule has 2 aromatic heterocycles. The second-order valence-electron chi connectivity index (χ2n) is 11.2. The number of morpholine rings is 1. The fourth-order valence-corrected chi connectivity index (χ4v) is 8.60. The van der Waals surface area contributed by atoms with Gasteiger partial charge in [0.05, 0.1) is 52.3 Å². The van der Waals surface area contributed by atoms with Crippen molar-refractivity contribution in [3.63, 3.8) is 0 Å². The standard InChI is InChI=1S/C27H35N7O3S2/c1-16-24-20(11-21-25(16)31-27(39-21)29-13-23(36)34-14-19-10-18(34)15-37-19)38-26(30-24)28-12-22(35)33-8-6-32(7-9-33)17-4-2-3-5-17/h11,17-19H,2-10,12-15H2,1H3,(H,28,30)(H,29,31). The third-order valence-corrected chi connectivity index (χ3v) is 10.7. The first-order valence-electron chi connectivity index (χ1n) is 14.1. The minimum absolute atomic E-state index is 0.102. The molecule has 3 aliphatic heterocycles. The number of hydrogen-bond acceptors (Lipinski definition) is 10. The van der Waals surface area contributed by atoms with Gasteiger partial charge in [-0.3, -0.25) is 14.5 Å². The molecule has 2 N–H and O–H groups in total. The molecule has 2 unspecified atom stereocenters. The van der Waals surface area contributed by atoms with Gasteiger partial charge >= 0.3 is 0 Å². The van der Waals surface area contributed by atoms with Crippen LogP contribution in [0.25, 0.3) is 20.4 Å². The number of aromatic nitrogens is 2. The molecule has 208 valence electrons. The van der Waals surface area contributed by atoms with Gasteiger partial charge < -0.3 is 25.2 Å². The van der Waals surface area contributed by atoms with Crippen LogP contribution in [0.2, 0.25) is 0 Å². The summed E-state index contributed by atoms with van der Waals surface area (Å²) in [6.45, 7) is 7.50. The van der Waals surface area contributed by atoms with Crippen molar-refractivity contribution in [2.45, 2.75) is 57.2 Å². The van der Waals surface area contributed by atoms with Crippen LogP contribution in [-0.4, -0.2) is 107 Å². The lowest BCUT2D eigenvalue weighted by Gasteiger charge is -2.38. The number of aryl methyl sites for hydroxylation is 1. The van der Waals surface area contributed by atoms with Crippen LogP contribution >= 0.6 is 22.7 Å². The van der Waals surface area contributed by atoms with Crippen molar-refractivity contribution in [2.75, 3.05) is 63.1 Å². The van der Waals surface area contributed by atoms with Crippen molar-refractivity contribution in [1.29, 1.82) is 0 Å². The number of thiazole rings is 2. The van der Waals surface area contributed by atoms with E-state index in [9.17, 15) is 9.59 Å². The number of benzene rings is 1. The monoisotopic (exact) mass is 569 g/mol. The van der Waals surface area contributed by atoms with Crippen LogP contribution in [0.4, 0.5) is 10.3 Å². The van der Waals surface area contributed by atoms with Gasteiger partial charge in [-0.15, -0.1) is 0 Å². The lowest BCUT2D eigenvalue weighted by atomic mass is 10.2. The lowest BCUT2D eigenvalue weighted by Crippen LogP contribution is -2.52. The van der Waals surface area contributed by atoms with E-state index in [-0.39, 0.29) is 37.0 Å². The molecule has 2 amide bonds. The van der Waals surface area contributed by atoms with Crippen molar-refractivity contribution < 1.29 is 14.3 Å². The van der Waals surface area contributed by atoms with Crippen LogP contribution < -0.4 is 10.6 Å². The van der Waals surface area contributed by atoms with Gasteiger partial charge in [0.1, 0.15) is 0 Å². The summed E-state index contributed by atoms with van der Waals surface area (Å²) >= 11 is 3.13. The number of nitrogens with one attached hydrogen (secondary N) is 2. The summed E-state index contributed by atoms with van der Waals surface area (Å²) in [5.41, 5.74) is 2.84. The molecule has 3 aromatic rings. The lowest BCUT2D eigenvalue weighted by molar-refractivity contribution is -0.133. The van der Waals surface area contributed by atoms with Crippen molar-refractivity contribution in [3.8, 4) is 0 Å². The van der Waals surface area contributed by atoms with Crippen molar-refractivity contribution in [2.24, 2.45) is 0 Å². The van der Waals surface area contributed by atoms with E-state index in [1.165, 1.54) is 25.7 Å². The predicted molar refractivity (Wildman–Crippen MR) is 155 cm³/mol. The summed E-state index contributed by atoms with van der Waals surface area (Å²) in [5, 5.41) is 8.02. The number of ether oxygens (including phenoxy) is 1. The van der Waals surface area contributed by atoms with Crippen LogP contribution in [0, 0.1) is 6.92 Å². The molecule has 1 aliphatic carbocycles. The Kier molecular flexibility index (Phi) is 6.82. The largest absolute Gasteiger partial charge is 0.374 e. The van der Waals surface area contributed by atoms with Crippen LogP contribution in [0.15, 0.2) is 6.07 Å². The molecule has 0 radical (unpaired) electrons. The van der Waals surface area contributed by atoms with E-state index in [1.54, 1.807) is 22.7 Å². The highest BCUT2D eigenvalue weighted by molar-refractivity contribution is 7.24. The maximum Gasteiger partial charge on any atom is 0.242 e. The Balaban J connectivity index is 0.957. The molecule has 2 atom stereocenters. The SMILES string of the molecule is Cc1c2nc(NCC(=O)N3CCN(C4CCCC4)CC3)sc2cc2sc(NCC(=O)N3CC4CC3CO4)nc12. The minimum Gasteiger partial charge on any atom is -0.374 e. The maximum absolute atomic E-state index is 12.9. The summed E-state index contributed by atoms with van der Waals surface area (Å²) in [7, 11) is 0. The average Bonchev–Trinajstić information content (AvgIpc) is 3.79. The number of rotatable bonds is 7. The van der Waals surface area contributed by atoms with Gasteiger partial charge in [-0.2, -0.15) is 0 Å². The summed E-state index contributed by atoms with van der Waals surface area (Å²) in [5.74, 6) is 0.240. The number of carbonyl (C=O) groups excluding carboxylic acids is 2. The molecule has 1 aromatic carbocycles. The Morgan fingerprint density at radius 2 is 1.59 bits per heavy atom. The molecule has 7 rings (SSSR count). The van der Waals surface area contributed by atoms with E-state index in [1.807, 2.05) is 16.7 Å². The quantitative estimate of drug-likeness (QED) is 0.448. The maximum atomic E-state index is 12.9. The first kappa shape index (κ1) is 25.4. The van der Waals surface area contributed by atoms with E-state index in [0.29, 0.717) is 13.2 Å². The molecule has 4 fully saturated rings. The first-order chi connectivity index (χ1) is 19.0. The zero-order valence-corrected chi connectivity index (χ0v) is 23.9. The van der Waals surface area contributed by atoms with Gasteiger partial charge in [0.2, 0.25) is 11.8 Å². The highest BCUT2D eigenvalue weighted by atomic mass is 32.1. The molecule has 10 nitrogen and oxygen atoms in total. The second-order valence-corrected chi connectivity index (χ2v) is 13.2. The number of amides is 2. The topological polar surface area (TPSA) is 103 Å².